The fraction of sp³-hybridized carbons (Fsp3) is 0.300. The Morgan fingerprint density at radius 3 is 2.18 bits per heavy atom. The molecule has 0 saturated heterocycles. The zero-order valence-corrected chi connectivity index (χ0v) is 15.4. The van der Waals surface area contributed by atoms with Crippen LogP contribution < -0.4 is 14.8 Å². The average molecular weight is 393 g/mol. The van der Waals surface area contributed by atoms with Crippen LogP contribution in [0.4, 0.5) is 8.78 Å². The quantitative estimate of drug-likeness (QED) is 0.496. The number of hydrogen-bond donors (Lipinski definition) is 1. The van der Waals surface area contributed by atoms with Crippen LogP contribution in [0.25, 0.3) is 0 Å². The first kappa shape index (κ1) is 21.1. The van der Waals surface area contributed by atoms with Gasteiger partial charge in [-0.2, -0.15) is 0 Å². The van der Waals surface area contributed by atoms with Crippen molar-refractivity contribution < 1.29 is 32.6 Å². The number of benzene rings is 2. The van der Waals surface area contributed by atoms with Gasteiger partial charge in [0, 0.05) is 6.07 Å². The molecule has 0 unspecified atom stereocenters. The second-order valence-corrected chi connectivity index (χ2v) is 5.70. The monoisotopic (exact) mass is 393 g/mol. The van der Waals surface area contributed by atoms with E-state index in [0.717, 1.165) is 24.3 Å². The van der Waals surface area contributed by atoms with E-state index in [4.69, 9.17) is 14.2 Å². The van der Waals surface area contributed by atoms with E-state index in [9.17, 15) is 18.4 Å². The Kier molecular flexibility index (Phi) is 8.20. The number of amides is 1. The molecule has 0 bridgehead atoms. The molecule has 1 amide bonds. The summed E-state index contributed by atoms with van der Waals surface area (Å²) in [7, 11) is 0. The number of hydrogen-bond acceptors (Lipinski definition) is 5. The minimum Gasteiger partial charge on any atom is -0.494 e. The number of rotatable bonds is 10. The number of carbonyl (C=O) groups is 2. The van der Waals surface area contributed by atoms with Gasteiger partial charge in [0.05, 0.1) is 12.2 Å². The Morgan fingerprint density at radius 2 is 1.57 bits per heavy atom. The summed E-state index contributed by atoms with van der Waals surface area (Å²) in [5.74, 6) is -2.00. The standard InChI is InChI=1S/C20H21F2NO5/c1-2-9-26-15-4-6-16(7-5-15)27-10-11-28-19(24)13-23-20(25)17-8-3-14(21)12-18(17)22/h3-8,12H,2,9-11,13H2,1H3,(H,23,25). The van der Waals surface area contributed by atoms with Crippen molar-refractivity contribution in [2.75, 3.05) is 26.4 Å². The Morgan fingerprint density at radius 1 is 0.929 bits per heavy atom. The highest BCUT2D eigenvalue weighted by atomic mass is 19.1. The molecule has 0 atom stereocenters. The van der Waals surface area contributed by atoms with E-state index in [1.165, 1.54) is 0 Å². The molecular weight excluding hydrogens is 372 g/mol. The molecule has 2 rings (SSSR count). The van der Waals surface area contributed by atoms with E-state index >= 15 is 0 Å². The van der Waals surface area contributed by atoms with Crippen molar-refractivity contribution in [2.45, 2.75) is 13.3 Å². The highest BCUT2D eigenvalue weighted by Crippen LogP contribution is 2.17. The first-order chi connectivity index (χ1) is 13.5. The fourth-order valence-corrected chi connectivity index (χ4v) is 2.14. The van der Waals surface area contributed by atoms with Gasteiger partial charge in [-0.05, 0) is 42.8 Å². The van der Waals surface area contributed by atoms with Gasteiger partial charge < -0.3 is 19.5 Å². The highest BCUT2D eigenvalue weighted by molar-refractivity contribution is 5.96. The molecule has 0 spiro atoms. The topological polar surface area (TPSA) is 73.9 Å². The lowest BCUT2D eigenvalue weighted by Crippen LogP contribution is -2.31. The molecule has 0 aromatic heterocycles. The molecular formula is C20H21F2NO5. The first-order valence-electron chi connectivity index (χ1n) is 8.74. The molecule has 0 fully saturated rings. The molecule has 0 aliphatic carbocycles. The molecule has 0 saturated carbocycles. The molecule has 28 heavy (non-hydrogen) atoms. The van der Waals surface area contributed by atoms with Crippen LogP contribution in [0, 0.1) is 11.6 Å². The maximum absolute atomic E-state index is 13.5. The third kappa shape index (κ3) is 6.86. The van der Waals surface area contributed by atoms with Gasteiger partial charge in [0.2, 0.25) is 0 Å². The summed E-state index contributed by atoms with van der Waals surface area (Å²) in [5, 5.41) is 2.21. The van der Waals surface area contributed by atoms with Crippen molar-refractivity contribution in [1.82, 2.24) is 5.32 Å². The molecule has 0 aliphatic rings. The van der Waals surface area contributed by atoms with Crippen molar-refractivity contribution in [3.8, 4) is 11.5 Å². The van der Waals surface area contributed by atoms with Crippen LogP contribution in [0.2, 0.25) is 0 Å². The van der Waals surface area contributed by atoms with Gasteiger partial charge in [-0.1, -0.05) is 6.92 Å². The van der Waals surface area contributed by atoms with Crippen LogP contribution in [0.1, 0.15) is 23.7 Å². The van der Waals surface area contributed by atoms with Gasteiger partial charge in [-0.15, -0.1) is 0 Å². The number of carbonyl (C=O) groups excluding carboxylic acids is 2. The van der Waals surface area contributed by atoms with Crippen LogP contribution in [0.5, 0.6) is 11.5 Å². The summed E-state index contributed by atoms with van der Waals surface area (Å²) in [5.41, 5.74) is -0.358. The van der Waals surface area contributed by atoms with Gasteiger partial charge in [-0.25, -0.2) is 8.78 Å². The van der Waals surface area contributed by atoms with Crippen LogP contribution in [0.3, 0.4) is 0 Å². The van der Waals surface area contributed by atoms with E-state index in [1.807, 2.05) is 6.92 Å². The lowest BCUT2D eigenvalue weighted by Gasteiger charge is -2.09. The summed E-state index contributed by atoms with van der Waals surface area (Å²) in [6.07, 6.45) is 0.920. The summed E-state index contributed by atoms with van der Waals surface area (Å²) >= 11 is 0. The molecule has 150 valence electrons. The number of esters is 1. The van der Waals surface area contributed by atoms with Crippen molar-refractivity contribution in [1.29, 1.82) is 0 Å². The highest BCUT2D eigenvalue weighted by Gasteiger charge is 2.14. The Bertz CT molecular complexity index is 796. The van der Waals surface area contributed by atoms with Crippen molar-refractivity contribution in [3.05, 3.63) is 59.7 Å². The third-order valence-corrected chi connectivity index (χ3v) is 3.48. The van der Waals surface area contributed by atoms with Crippen molar-refractivity contribution in [2.24, 2.45) is 0 Å². The van der Waals surface area contributed by atoms with E-state index in [-0.39, 0.29) is 18.8 Å². The Labute approximate surface area is 161 Å². The van der Waals surface area contributed by atoms with Crippen LogP contribution in [-0.2, 0) is 9.53 Å². The van der Waals surface area contributed by atoms with Gasteiger partial charge in [0.15, 0.2) is 0 Å². The summed E-state index contributed by atoms with van der Waals surface area (Å²) in [4.78, 5) is 23.4. The minimum absolute atomic E-state index is 0.0201. The van der Waals surface area contributed by atoms with Gasteiger partial charge in [-0.3, -0.25) is 9.59 Å². The van der Waals surface area contributed by atoms with E-state index in [2.05, 4.69) is 5.32 Å². The number of halogens is 2. The average Bonchev–Trinajstić information content (AvgIpc) is 2.68. The molecule has 2 aromatic carbocycles. The molecule has 0 radical (unpaired) electrons. The first-order valence-corrected chi connectivity index (χ1v) is 8.74. The van der Waals surface area contributed by atoms with Gasteiger partial charge in [0.1, 0.15) is 42.9 Å². The number of nitrogens with one attached hydrogen (secondary N) is 1. The maximum Gasteiger partial charge on any atom is 0.325 e. The second-order valence-electron chi connectivity index (χ2n) is 5.70. The molecule has 6 nitrogen and oxygen atoms in total. The molecule has 0 aliphatic heterocycles. The van der Waals surface area contributed by atoms with E-state index < -0.39 is 30.1 Å². The number of ether oxygens (including phenoxy) is 3. The van der Waals surface area contributed by atoms with Crippen LogP contribution in [0.15, 0.2) is 42.5 Å². The largest absolute Gasteiger partial charge is 0.494 e. The SMILES string of the molecule is CCCOc1ccc(OCCOC(=O)CNC(=O)c2ccc(F)cc2F)cc1. The zero-order chi connectivity index (χ0) is 20.4. The maximum atomic E-state index is 13.5. The summed E-state index contributed by atoms with van der Waals surface area (Å²) < 4.78 is 42.1. The summed E-state index contributed by atoms with van der Waals surface area (Å²) in [6.45, 7) is 2.32. The molecule has 0 heterocycles. The Balaban J connectivity index is 1.65. The van der Waals surface area contributed by atoms with Crippen LogP contribution >= 0.6 is 0 Å². The Hall–Kier alpha value is -3.16. The minimum atomic E-state index is -1.01. The third-order valence-electron chi connectivity index (χ3n) is 3.48. The van der Waals surface area contributed by atoms with E-state index in [1.54, 1.807) is 24.3 Å². The summed E-state index contributed by atoms with van der Waals surface area (Å²) in [6, 6.07) is 9.58. The lowest BCUT2D eigenvalue weighted by atomic mass is 10.2. The second kappa shape index (κ2) is 10.9. The predicted octanol–water partition coefficient (Wildman–Crippen LogP) is 3.11. The molecule has 1 N–H and O–H groups in total. The van der Waals surface area contributed by atoms with Crippen LogP contribution in [-0.4, -0.2) is 38.2 Å². The predicted molar refractivity (Wildman–Crippen MR) is 97.4 cm³/mol. The smallest absolute Gasteiger partial charge is 0.325 e. The normalized spacial score (nSPS) is 10.2. The zero-order valence-electron chi connectivity index (χ0n) is 15.4. The van der Waals surface area contributed by atoms with Crippen molar-refractivity contribution >= 4 is 11.9 Å². The molecule has 2 aromatic rings. The van der Waals surface area contributed by atoms with E-state index in [0.29, 0.717) is 18.4 Å². The van der Waals surface area contributed by atoms with Gasteiger partial charge >= 0.3 is 5.97 Å². The lowest BCUT2D eigenvalue weighted by molar-refractivity contribution is -0.143. The van der Waals surface area contributed by atoms with Crippen molar-refractivity contribution in [3.63, 3.8) is 0 Å². The van der Waals surface area contributed by atoms with Gasteiger partial charge in [0.25, 0.3) is 5.91 Å². The fourth-order valence-electron chi connectivity index (χ4n) is 2.14. The molecule has 8 heteroatoms.